The van der Waals surface area contributed by atoms with Crippen molar-refractivity contribution < 1.29 is 46.1 Å². The standard InChI is InChI=1S/C29H37F2N3O3.C2HF3O2/c1-36-25-11-8-19(16-26(25)37-2)29-13-12-21(33-28(35)32-20-9-10-23(30)24(31)17-20)18-27(29)34(15-14-29)22-6-4-3-5-7-22;3-2(4,5)1(6)7/h8-11,16-17,21-22,27H,3-7,12-15,18H2,1-2H3,(H2,32,33,35);(H,6,7)/t21-,27+,29+;/m1./s1. The molecule has 1 heterocycles. The summed E-state index contributed by atoms with van der Waals surface area (Å²) in [4.78, 5) is 24.4. The Balaban J connectivity index is 0.000000566. The first-order valence-electron chi connectivity index (χ1n) is 14.7. The number of rotatable bonds is 6. The Labute approximate surface area is 252 Å². The number of amides is 2. The second-order valence-electron chi connectivity index (χ2n) is 11.5. The first-order valence-corrected chi connectivity index (χ1v) is 14.7. The highest BCUT2D eigenvalue weighted by molar-refractivity contribution is 5.89. The fourth-order valence-electron chi connectivity index (χ4n) is 6.97. The molecule has 0 bridgehead atoms. The summed E-state index contributed by atoms with van der Waals surface area (Å²) < 4.78 is 69.7. The van der Waals surface area contributed by atoms with Gasteiger partial charge in [0.15, 0.2) is 23.1 Å². The third-order valence-electron chi connectivity index (χ3n) is 9.06. The summed E-state index contributed by atoms with van der Waals surface area (Å²) >= 11 is 0. The lowest BCUT2D eigenvalue weighted by atomic mass is 9.64. The third-order valence-corrected chi connectivity index (χ3v) is 9.06. The molecule has 1 saturated heterocycles. The number of anilines is 1. The molecule has 2 saturated carbocycles. The number of hydrogen-bond donors (Lipinski definition) is 3. The molecule has 0 unspecified atom stereocenters. The van der Waals surface area contributed by atoms with Crippen molar-refractivity contribution in [3.05, 3.63) is 53.6 Å². The zero-order chi connectivity index (χ0) is 32.1. The van der Waals surface area contributed by atoms with E-state index in [1.165, 1.54) is 43.7 Å². The van der Waals surface area contributed by atoms with Gasteiger partial charge in [0.1, 0.15) is 0 Å². The zero-order valence-corrected chi connectivity index (χ0v) is 24.7. The van der Waals surface area contributed by atoms with Crippen molar-refractivity contribution in [1.82, 2.24) is 10.2 Å². The molecule has 3 aliphatic rings. The summed E-state index contributed by atoms with van der Waals surface area (Å²) in [5.74, 6) is -3.20. The van der Waals surface area contributed by atoms with Crippen molar-refractivity contribution in [2.75, 3.05) is 26.1 Å². The largest absolute Gasteiger partial charge is 0.493 e. The lowest BCUT2D eigenvalue weighted by Crippen LogP contribution is -2.55. The van der Waals surface area contributed by atoms with Gasteiger partial charge in [0, 0.05) is 35.3 Å². The number of benzene rings is 2. The molecule has 5 rings (SSSR count). The van der Waals surface area contributed by atoms with E-state index < -0.39 is 29.8 Å². The van der Waals surface area contributed by atoms with Gasteiger partial charge >= 0.3 is 18.2 Å². The Hall–Kier alpha value is -3.61. The lowest BCUT2D eigenvalue weighted by molar-refractivity contribution is -0.192. The highest BCUT2D eigenvalue weighted by Gasteiger charge is 2.53. The molecule has 1 aliphatic heterocycles. The quantitative estimate of drug-likeness (QED) is 0.311. The van der Waals surface area contributed by atoms with Crippen LogP contribution in [0.15, 0.2) is 36.4 Å². The maximum absolute atomic E-state index is 13.6. The molecule has 3 N–H and O–H groups in total. The first kappa shape index (κ1) is 33.3. The van der Waals surface area contributed by atoms with Gasteiger partial charge < -0.3 is 25.2 Å². The summed E-state index contributed by atoms with van der Waals surface area (Å²) in [5.41, 5.74) is 1.50. The molecule has 2 aromatic carbocycles. The number of ether oxygens (including phenoxy) is 2. The maximum Gasteiger partial charge on any atom is 0.490 e. The molecule has 242 valence electrons. The van der Waals surface area contributed by atoms with E-state index in [0.29, 0.717) is 12.1 Å². The van der Waals surface area contributed by atoms with Gasteiger partial charge in [0.05, 0.1) is 14.2 Å². The Morgan fingerprint density at radius 2 is 1.61 bits per heavy atom. The van der Waals surface area contributed by atoms with Crippen molar-refractivity contribution >= 4 is 17.7 Å². The highest BCUT2D eigenvalue weighted by Crippen LogP contribution is 2.51. The van der Waals surface area contributed by atoms with Crippen LogP contribution in [-0.2, 0) is 10.2 Å². The van der Waals surface area contributed by atoms with E-state index in [-0.39, 0.29) is 17.1 Å². The SMILES string of the molecule is COc1ccc([C@@]23CC[C@@H](NC(=O)Nc4ccc(F)c(F)c4)C[C@@H]2N(C2CCCCC2)CC3)cc1OC.O=C(O)C(F)(F)F. The Bertz CT molecular complexity index is 1320. The van der Waals surface area contributed by atoms with Gasteiger partial charge in [-0.05, 0) is 74.9 Å². The Morgan fingerprint density at radius 1 is 0.932 bits per heavy atom. The Morgan fingerprint density at radius 3 is 2.23 bits per heavy atom. The topological polar surface area (TPSA) is 100 Å². The molecule has 3 atom stereocenters. The summed E-state index contributed by atoms with van der Waals surface area (Å²) in [5, 5.41) is 12.9. The summed E-state index contributed by atoms with van der Waals surface area (Å²) in [6.45, 7) is 1.05. The summed E-state index contributed by atoms with van der Waals surface area (Å²) in [6, 6.07) is 10.2. The number of nitrogens with one attached hydrogen (secondary N) is 2. The van der Waals surface area contributed by atoms with Crippen molar-refractivity contribution in [2.24, 2.45) is 0 Å². The summed E-state index contributed by atoms with van der Waals surface area (Å²) in [6.07, 6.45) is 4.95. The van der Waals surface area contributed by atoms with Crippen LogP contribution in [0, 0.1) is 11.6 Å². The van der Waals surface area contributed by atoms with Crippen LogP contribution in [0.3, 0.4) is 0 Å². The van der Waals surface area contributed by atoms with Crippen molar-refractivity contribution in [1.29, 1.82) is 0 Å². The van der Waals surface area contributed by atoms with E-state index in [1.54, 1.807) is 14.2 Å². The minimum Gasteiger partial charge on any atom is -0.493 e. The average Bonchev–Trinajstić information content (AvgIpc) is 3.39. The van der Waals surface area contributed by atoms with Crippen LogP contribution in [0.4, 0.5) is 32.4 Å². The molecule has 8 nitrogen and oxygen atoms in total. The van der Waals surface area contributed by atoms with Crippen LogP contribution in [-0.4, -0.2) is 67.1 Å². The molecule has 3 fully saturated rings. The zero-order valence-electron chi connectivity index (χ0n) is 24.7. The third kappa shape index (κ3) is 7.54. The van der Waals surface area contributed by atoms with Gasteiger partial charge in [0.2, 0.25) is 0 Å². The van der Waals surface area contributed by atoms with Crippen molar-refractivity contribution in [2.45, 2.75) is 87.5 Å². The lowest BCUT2D eigenvalue weighted by Gasteiger charge is -2.47. The minimum atomic E-state index is -5.08. The fourth-order valence-corrected chi connectivity index (χ4v) is 6.97. The molecule has 2 aliphatic carbocycles. The van der Waals surface area contributed by atoms with E-state index in [1.807, 2.05) is 6.07 Å². The second-order valence-corrected chi connectivity index (χ2v) is 11.5. The van der Waals surface area contributed by atoms with Gasteiger partial charge in [-0.1, -0.05) is 25.3 Å². The number of carboxylic acid groups (broad SMARTS) is 1. The second kappa shape index (κ2) is 14.0. The highest BCUT2D eigenvalue weighted by atomic mass is 19.4. The van der Waals surface area contributed by atoms with Gasteiger partial charge in [-0.2, -0.15) is 13.2 Å². The number of likely N-dealkylation sites (tertiary alicyclic amines) is 1. The molecular formula is C31H38F5N3O5. The normalized spacial score (nSPS) is 24.0. The average molecular weight is 628 g/mol. The molecule has 2 aromatic rings. The molecule has 0 spiro atoms. The van der Waals surface area contributed by atoms with E-state index >= 15 is 0 Å². The number of nitrogens with zero attached hydrogens (tertiary/aromatic N) is 1. The predicted octanol–water partition coefficient (Wildman–Crippen LogP) is 6.63. The van der Waals surface area contributed by atoms with E-state index in [0.717, 1.165) is 55.9 Å². The van der Waals surface area contributed by atoms with Gasteiger partial charge in [-0.15, -0.1) is 0 Å². The van der Waals surface area contributed by atoms with E-state index in [9.17, 15) is 26.7 Å². The van der Waals surface area contributed by atoms with Gasteiger partial charge in [0.25, 0.3) is 0 Å². The fraction of sp³-hybridized carbons (Fsp3) is 0.548. The first-order chi connectivity index (χ1) is 20.9. The number of halogens is 5. The van der Waals surface area contributed by atoms with Gasteiger partial charge in [-0.25, -0.2) is 18.4 Å². The number of fused-ring (bicyclic) bond motifs is 1. The molecule has 44 heavy (non-hydrogen) atoms. The number of alkyl halides is 3. The number of carbonyl (C=O) groups is 2. The monoisotopic (exact) mass is 627 g/mol. The maximum atomic E-state index is 13.6. The number of methoxy groups -OCH3 is 2. The number of aliphatic carboxylic acids is 1. The number of hydrogen-bond acceptors (Lipinski definition) is 5. The van der Waals surface area contributed by atoms with Crippen LogP contribution in [0.5, 0.6) is 11.5 Å². The van der Waals surface area contributed by atoms with Crippen LogP contribution >= 0.6 is 0 Å². The summed E-state index contributed by atoms with van der Waals surface area (Å²) in [7, 11) is 3.33. The van der Waals surface area contributed by atoms with Crippen LogP contribution in [0.25, 0.3) is 0 Å². The predicted molar refractivity (Wildman–Crippen MR) is 153 cm³/mol. The molecule has 13 heteroatoms. The molecular weight excluding hydrogens is 589 g/mol. The van der Waals surface area contributed by atoms with E-state index in [4.69, 9.17) is 19.4 Å². The molecule has 2 amide bonds. The van der Waals surface area contributed by atoms with Crippen LogP contribution in [0.2, 0.25) is 0 Å². The molecule has 0 radical (unpaired) electrons. The number of carboxylic acids is 1. The van der Waals surface area contributed by atoms with Crippen molar-refractivity contribution in [3.63, 3.8) is 0 Å². The van der Waals surface area contributed by atoms with Gasteiger partial charge in [-0.3, -0.25) is 4.90 Å². The number of urea groups is 1. The van der Waals surface area contributed by atoms with Crippen LogP contribution < -0.4 is 20.1 Å². The molecule has 0 aromatic heterocycles. The smallest absolute Gasteiger partial charge is 0.490 e. The van der Waals surface area contributed by atoms with E-state index in [2.05, 4.69) is 27.7 Å². The number of carbonyl (C=O) groups excluding carboxylic acids is 1. The minimum absolute atomic E-state index is 0.00671. The van der Waals surface area contributed by atoms with Crippen molar-refractivity contribution in [3.8, 4) is 11.5 Å². The van der Waals surface area contributed by atoms with Crippen LogP contribution in [0.1, 0.15) is 63.4 Å². The Kier molecular flexibility index (Phi) is 10.6.